The molecule has 2 rings (SSSR count). The molecule has 0 saturated heterocycles. The summed E-state index contributed by atoms with van der Waals surface area (Å²) < 4.78 is 5.96. The molecule has 1 N–H and O–H groups in total. The molecule has 0 saturated carbocycles. The fourth-order valence-electron chi connectivity index (χ4n) is 2.00. The molecule has 0 bridgehead atoms. The Morgan fingerprint density at radius 2 is 2.10 bits per heavy atom. The Kier molecular flexibility index (Phi) is 4.90. The van der Waals surface area contributed by atoms with Crippen molar-refractivity contribution >= 4 is 21.9 Å². The van der Waals surface area contributed by atoms with Gasteiger partial charge in [-0.25, -0.2) is 4.98 Å². The van der Waals surface area contributed by atoms with E-state index in [0.717, 1.165) is 10.0 Å². The Labute approximate surface area is 131 Å². The molecule has 0 amide bonds. The number of carboxylic acids is 1. The van der Waals surface area contributed by atoms with Crippen LogP contribution in [0.15, 0.2) is 34.8 Å². The zero-order chi connectivity index (χ0) is 15.4. The first kappa shape index (κ1) is 15.4. The lowest BCUT2D eigenvalue weighted by molar-refractivity contribution is -0.139. The number of carboxylic acid groups (broad SMARTS) is 1. The summed E-state index contributed by atoms with van der Waals surface area (Å²) in [6, 6.07) is 9.19. The van der Waals surface area contributed by atoms with Gasteiger partial charge in [-0.3, -0.25) is 4.79 Å². The lowest BCUT2D eigenvalue weighted by Gasteiger charge is -2.13. The number of rotatable bonds is 5. The van der Waals surface area contributed by atoms with Crippen LogP contribution in [0.5, 0.6) is 5.88 Å². The number of aryl methyl sites for hydroxylation is 1. The number of methoxy groups -OCH3 is 1. The van der Waals surface area contributed by atoms with Gasteiger partial charge in [-0.2, -0.15) is 4.98 Å². The summed E-state index contributed by atoms with van der Waals surface area (Å²) in [7, 11) is 1.50. The molecule has 6 heteroatoms. The van der Waals surface area contributed by atoms with Crippen molar-refractivity contribution in [1.29, 1.82) is 0 Å². The highest BCUT2D eigenvalue weighted by Crippen LogP contribution is 2.25. The van der Waals surface area contributed by atoms with Crippen molar-refractivity contribution in [3.63, 3.8) is 0 Å². The highest BCUT2D eigenvalue weighted by molar-refractivity contribution is 9.10. The Balaban J connectivity index is 2.38. The average molecular weight is 351 g/mol. The summed E-state index contributed by atoms with van der Waals surface area (Å²) in [6.07, 6.45) is 0.309. The number of aromatic nitrogens is 2. The van der Waals surface area contributed by atoms with Gasteiger partial charge in [0, 0.05) is 16.2 Å². The van der Waals surface area contributed by atoms with Crippen molar-refractivity contribution in [2.24, 2.45) is 0 Å². The van der Waals surface area contributed by atoms with E-state index in [0.29, 0.717) is 18.0 Å². The number of ether oxygens (including phenoxy) is 1. The Bertz CT molecular complexity index is 661. The van der Waals surface area contributed by atoms with Crippen LogP contribution in [0.2, 0.25) is 0 Å². The number of aliphatic carboxylic acids is 1. The van der Waals surface area contributed by atoms with Crippen molar-refractivity contribution < 1.29 is 14.6 Å². The van der Waals surface area contributed by atoms with Crippen molar-refractivity contribution in [3.8, 4) is 5.88 Å². The van der Waals surface area contributed by atoms with E-state index in [1.54, 1.807) is 13.0 Å². The maximum absolute atomic E-state index is 11.6. The molecule has 0 fully saturated rings. The van der Waals surface area contributed by atoms with Gasteiger partial charge in [-0.1, -0.05) is 34.1 Å². The second-order valence-electron chi connectivity index (χ2n) is 4.60. The second kappa shape index (κ2) is 6.67. The molecule has 0 aliphatic rings. The third kappa shape index (κ3) is 3.78. The monoisotopic (exact) mass is 350 g/mol. The van der Waals surface area contributed by atoms with Gasteiger partial charge in [0.05, 0.1) is 7.11 Å². The van der Waals surface area contributed by atoms with Gasteiger partial charge in [0.25, 0.3) is 0 Å². The maximum atomic E-state index is 11.6. The molecule has 1 heterocycles. The molecule has 0 radical (unpaired) electrons. The van der Waals surface area contributed by atoms with E-state index >= 15 is 0 Å². The number of carbonyl (C=O) groups is 1. The fourth-order valence-corrected chi connectivity index (χ4v) is 2.44. The minimum Gasteiger partial charge on any atom is -0.481 e. The van der Waals surface area contributed by atoms with Gasteiger partial charge in [0.15, 0.2) is 0 Å². The fraction of sp³-hybridized carbons (Fsp3) is 0.267. The normalized spacial score (nSPS) is 12.0. The van der Waals surface area contributed by atoms with Crippen LogP contribution < -0.4 is 4.74 Å². The molecule has 2 aromatic rings. The van der Waals surface area contributed by atoms with Gasteiger partial charge in [0.1, 0.15) is 11.7 Å². The minimum absolute atomic E-state index is 0.259. The molecular formula is C15H15BrN2O3. The first-order valence-electron chi connectivity index (χ1n) is 6.37. The molecule has 0 aliphatic heterocycles. The van der Waals surface area contributed by atoms with Crippen molar-refractivity contribution in [3.05, 3.63) is 51.9 Å². The van der Waals surface area contributed by atoms with Crippen LogP contribution in [0, 0.1) is 6.92 Å². The van der Waals surface area contributed by atoms with E-state index in [4.69, 9.17) is 4.74 Å². The lowest BCUT2D eigenvalue weighted by atomic mass is 9.98. The zero-order valence-corrected chi connectivity index (χ0v) is 13.3. The molecule has 21 heavy (non-hydrogen) atoms. The van der Waals surface area contributed by atoms with Crippen LogP contribution in [0.1, 0.15) is 23.0 Å². The largest absolute Gasteiger partial charge is 0.481 e. The minimum atomic E-state index is -0.960. The number of benzene rings is 1. The van der Waals surface area contributed by atoms with E-state index in [1.807, 2.05) is 24.3 Å². The van der Waals surface area contributed by atoms with Crippen molar-refractivity contribution in [2.75, 3.05) is 7.11 Å². The highest BCUT2D eigenvalue weighted by atomic mass is 79.9. The van der Waals surface area contributed by atoms with E-state index in [2.05, 4.69) is 25.9 Å². The first-order chi connectivity index (χ1) is 10.0. The van der Waals surface area contributed by atoms with Gasteiger partial charge in [-0.05, 0) is 25.0 Å². The van der Waals surface area contributed by atoms with Crippen LogP contribution in [0.4, 0.5) is 0 Å². The quantitative estimate of drug-likeness (QED) is 0.897. The SMILES string of the molecule is COc1cc(C)nc(C(Cc2ccccc2Br)C(=O)O)n1. The van der Waals surface area contributed by atoms with Crippen LogP contribution in [-0.4, -0.2) is 28.2 Å². The zero-order valence-electron chi connectivity index (χ0n) is 11.7. The standard InChI is InChI=1S/C15H15BrN2O3/c1-9-7-13(21-2)18-14(17-9)11(15(19)20)8-10-5-3-4-6-12(10)16/h3-7,11H,8H2,1-2H3,(H,19,20). The predicted octanol–water partition coefficient (Wildman–Crippen LogP) is 2.97. The molecule has 1 atom stereocenters. The van der Waals surface area contributed by atoms with Crippen LogP contribution >= 0.6 is 15.9 Å². The maximum Gasteiger partial charge on any atom is 0.314 e. The van der Waals surface area contributed by atoms with E-state index < -0.39 is 11.9 Å². The van der Waals surface area contributed by atoms with Crippen LogP contribution in [0.3, 0.4) is 0 Å². The summed E-state index contributed by atoms with van der Waals surface area (Å²) >= 11 is 3.43. The lowest BCUT2D eigenvalue weighted by Crippen LogP contribution is -2.18. The molecular weight excluding hydrogens is 336 g/mol. The van der Waals surface area contributed by atoms with E-state index in [1.165, 1.54) is 7.11 Å². The Hall–Kier alpha value is -1.95. The molecule has 1 unspecified atom stereocenters. The number of halogens is 1. The predicted molar refractivity (Wildman–Crippen MR) is 81.5 cm³/mol. The van der Waals surface area contributed by atoms with Gasteiger partial charge >= 0.3 is 5.97 Å². The van der Waals surface area contributed by atoms with Crippen molar-refractivity contribution in [2.45, 2.75) is 19.3 Å². The van der Waals surface area contributed by atoms with Crippen LogP contribution in [-0.2, 0) is 11.2 Å². The molecule has 0 spiro atoms. The smallest absolute Gasteiger partial charge is 0.314 e. The Morgan fingerprint density at radius 1 is 1.38 bits per heavy atom. The average Bonchev–Trinajstić information content (AvgIpc) is 2.45. The van der Waals surface area contributed by atoms with Gasteiger partial charge < -0.3 is 9.84 Å². The van der Waals surface area contributed by atoms with Gasteiger partial charge in [0.2, 0.25) is 5.88 Å². The molecule has 5 nitrogen and oxygen atoms in total. The van der Waals surface area contributed by atoms with Crippen LogP contribution in [0.25, 0.3) is 0 Å². The third-order valence-corrected chi connectivity index (χ3v) is 3.82. The topological polar surface area (TPSA) is 72.3 Å². The first-order valence-corrected chi connectivity index (χ1v) is 7.16. The molecule has 1 aromatic carbocycles. The summed E-state index contributed by atoms with van der Waals surface area (Å²) in [5.41, 5.74) is 1.57. The van der Waals surface area contributed by atoms with E-state index in [-0.39, 0.29) is 5.82 Å². The summed E-state index contributed by atoms with van der Waals surface area (Å²) in [5, 5.41) is 9.50. The number of nitrogens with zero attached hydrogens (tertiary/aromatic N) is 2. The molecule has 1 aromatic heterocycles. The summed E-state index contributed by atoms with van der Waals surface area (Å²) in [5.74, 6) is -1.15. The number of hydrogen-bond acceptors (Lipinski definition) is 4. The Morgan fingerprint density at radius 3 is 2.71 bits per heavy atom. The van der Waals surface area contributed by atoms with Gasteiger partial charge in [-0.15, -0.1) is 0 Å². The third-order valence-electron chi connectivity index (χ3n) is 3.05. The number of hydrogen-bond donors (Lipinski definition) is 1. The molecule has 110 valence electrons. The van der Waals surface area contributed by atoms with E-state index in [9.17, 15) is 9.90 Å². The van der Waals surface area contributed by atoms with Crippen molar-refractivity contribution in [1.82, 2.24) is 9.97 Å². The molecule has 0 aliphatic carbocycles. The summed E-state index contributed by atoms with van der Waals surface area (Å²) in [6.45, 7) is 1.78. The second-order valence-corrected chi connectivity index (χ2v) is 5.45. The highest BCUT2D eigenvalue weighted by Gasteiger charge is 2.25. The summed E-state index contributed by atoms with van der Waals surface area (Å²) in [4.78, 5) is 20.0.